The number of nitrogens with zero attached hydrogens (tertiary/aromatic N) is 4. The van der Waals surface area contributed by atoms with E-state index in [2.05, 4.69) is 27.2 Å². The largest absolute Gasteiger partial charge is 0.493 e. The lowest BCUT2D eigenvalue weighted by Crippen LogP contribution is -2.34. The molecule has 0 saturated carbocycles. The Morgan fingerprint density at radius 2 is 1.93 bits per heavy atom. The van der Waals surface area contributed by atoms with E-state index in [9.17, 15) is 4.79 Å². The molecule has 0 aliphatic carbocycles. The number of hydrogen-bond acceptors (Lipinski definition) is 6. The quantitative estimate of drug-likeness (QED) is 0.598. The number of Topliss-reactive ketones (excluding diaryl/α,β-unsaturated/α-hetero) is 1. The van der Waals surface area contributed by atoms with Crippen molar-refractivity contribution in [1.29, 1.82) is 0 Å². The van der Waals surface area contributed by atoms with E-state index in [4.69, 9.17) is 9.47 Å². The molecule has 1 aliphatic rings. The average Bonchev–Trinajstić information content (AvgIpc) is 3.21. The maximum Gasteiger partial charge on any atom is 0.248 e. The Morgan fingerprint density at radius 1 is 1.13 bits per heavy atom. The first kappa shape index (κ1) is 19.8. The van der Waals surface area contributed by atoms with Crippen LogP contribution in [0.15, 0.2) is 59.9 Å². The van der Waals surface area contributed by atoms with Gasteiger partial charge in [0.2, 0.25) is 5.95 Å². The third kappa shape index (κ3) is 3.83. The molecule has 0 saturated heterocycles. The molecule has 2 unspecified atom stereocenters. The third-order valence-corrected chi connectivity index (χ3v) is 5.32. The fraction of sp³-hybridized carbons (Fsp3) is 0.304. The van der Waals surface area contributed by atoms with Crippen LogP contribution in [-0.2, 0) is 11.2 Å². The number of hydrogen-bond donors (Lipinski definition) is 0. The molecular formula is C23H24N4O3. The van der Waals surface area contributed by atoms with Gasteiger partial charge in [0, 0.05) is 12.1 Å². The summed E-state index contributed by atoms with van der Waals surface area (Å²) in [7, 11) is 1.61. The number of aliphatic imine (C=N–C) groups is 1. The van der Waals surface area contributed by atoms with Gasteiger partial charge in [0.25, 0.3) is 0 Å². The van der Waals surface area contributed by atoms with Crippen LogP contribution in [0.5, 0.6) is 11.5 Å². The summed E-state index contributed by atoms with van der Waals surface area (Å²) in [5.41, 5.74) is 2.84. The molecule has 30 heavy (non-hydrogen) atoms. The lowest BCUT2D eigenvalue weighted by Gasteiger charge is -2.30. The van der Waals surface area contributed by atoms with Crippen LogP contribution >= 0.6 is 0 Å². The summed E-state index contributed by atoms with van der Waals surface area (Å²) in [4.78, 5) is 21.1. The summed E-state index contributed by atoms with van der Waals surface area (Å²) in [6.07, 6.45) is 2.26. The van der Waals surface area contributed by atoms with E-state index in [0.717, 1.165) is 17.7 Å². The third-order valence-electron chi connectivity index (χ3n) is 5.32. The molecule has 7 nitrogen and oxygen atoms in total. The fourth-order valence-corrected chi connectivity index (χ4v) is 3.88. The van der Waals surface area contributed by atoms with Gasteiger partial charge in [-0.25, -0.2) is 9.67 Å². The Morgan fingerprint density at radius 3 is 2.67 bits per heavy atom. The van der Waals surface area contributed by atoms with Crippen LogP contribution in [0.4, 0.5) is 5.95 Å². The molecule has 154 valence electrons. The highest BCUT2D eigenvalue weighted by Crippen LogP contribution is 2.38. The molecule has 4 rings (SSSR count). The van der Waals surface area contributed by atoms with Crippen molar-refractivity contribution in [3.63, 3.8) is 0 Å². The summed E-state index contributed by atoms with van der Waals surface area (Å²) in [6, 6.07) is 15.6. The van der Waals surface area contributed by atoms with Crippen LogP contribution in [0.25, 0.3) is 0 Å². The van der Waals surface area contributed by atoms with E-state index in [-0.39, 0.29) is 11.8 Å². The van der Waals surface area contributed by atoms with Crippen molar-refractivity contribution in [1.82, 2.24) is 14.8 Å². The number of benzene rings is 2. The molecule has 0 fully saturated rings. The maximum atomic E-state index is 12.4. The SMILES string of the molecule is COc1cc(C2C(C(C)=O)C(C)=Nc3ncnn32)ccc1OCCc1ccccc1. The molecule has 0 radical (unpaired) electrons. The smallest absolute Gasteiger partial charge is 0.248 e. The Bertz CT molecular complexity index is 1080. The van der Waals surface area contributed by atoms with Crippen molar-refractivity contribution in [2.24, 2.45) is 10.9 Å². The van der Waals surface area contributed by atoms with E-state index < -0.39 is 5.92 Å². The summed E-state index contributed by atoms with van der Waals surface area (Å²) in [6.45, 7) is 3.98. The fourth-order valence-electron chi connectivity index (χ4n) is 3.88. The summed E-state index contributed by atoms with van der Waals surface area (Å²) in [5.74, 6) is 1.40. The van der Waals surface area contributed by atoms with Crippen molar-refractivity contribution in [2.75, 3.05) is 13.7 Å². The first-order valence-electron chi connectivity index (χ1n) is 9.88. The molecule has 0 bridgehead atoms. The van der Waals surface area contributed by atoms with Crippen molar-refractivity contribution in [3.8, 4) is 11.5 Å². The molecule has 0 amide bonds. The monoisotopic (exact) mass is 404 g/mol. The average molecular weight is 404 g/mol. The zero-order chi connectivity index (χ0) is 21.1. The minimum atomic E-state index is -0.409. The van der Waals surface area contributed by atoms with Crippen LogP contribution in [0.1, 0.15) is 31.0 Å². The van der Waals surface area contributed by atoms with Gasteiger partial charge in [-0.05, 0) is 37.1 Å². The van der Waals surface area contributed by atoms with Crippen LogP contribution in [-0.4, -0.2) is 40.0 Å². The normalized spacial score (nSPS) is 17.8. The van der Waals surface area contributed by atoms with Gasteiger partial charge in [0.15, 0.2) is 11.5 Å². The van der Waals surface area contributed by atoms with E-state index in [1.165, 1.54) is 11.9 Å². The Labute approximate surface area is 175 Å². The molecule has 0 N–H and O–H groups in total. The van der Waals surface area contributed by atoms with Gasteiger partial charge in [-0.15, -0.1) is 0 Å². The molecule has 7 heteroatoms. The van der Waals surface area contributed by atoms with Crippen molar-refractivity contribution < 1.29 is 14.3 Å². The number of carbonyl (C=O) groups is 1. The predicted molar refractivity (Wildman–Crippen MR) is 114 cm³/mol. The second-order valence-electron chi connectivity index (χ2n) is 7.29. The van der Waals surface area contributed by atoms with Gasteiger partial charge in [-0.2, -0.15) is 10.1 Å². The van der Waals surface area contributed by atoms with Crippen LogP contribution in [0, 0.1) is 5.92 Å². The van der Waals surface area contributed by atoms with E-state index in [0.29, 0.717) is 24.1 Å². The number of ether oxygens (including phenoxy) is 2. The molecule has 3 aromatic rings. The van der Waals surface area contributed by atoms with E-state index in [1.54, 1.807) is 18.7 Å². The molecule has 2 heterocycles. The maximum absolute atomic E-state index is 12.4. The number of aromatic nitrogens is 3. The van der Waals surface area contributed by atoms with Crippen LogP contribution in [0.2, 0.25) is 0 Å². The first-order chi connectivity index (χ1) is 14.6. The Hall–Kier alpha value is -3.48. The number of ketones is 1. The standard InChI is InChI=1S/C23H24N4O3/c1-15-21(16(2)28)22(27-23(26-15)24-14-25-27)18-9-10-19(20(13-18)29-3)30-12-11-17-7-5-4-6-8-17/h4-10,13-14,21-22H,11-12H2,1-3H3. The summed E-state index contributed by atoms with van der Waals surface area (Å²) >= 11 is 0. The highest BCUT2D eigenvalue weighted by atomic mass is 16.5. The van der Waals surface area contributed by atoms with Gasteiger partial charge in [0.1, 0.15) is 12.1 Å². The predicted octanol–water partition coefficient (Wildman–Crippen LogP) is 3.81. The summed E-state index contributed by atoms with van der Waals surface area (Å²) in [5, 5.41) is 4.32. The summed E-state index contributed by atoms with van der Waals surface area (Å²) < 4.78 is 13.3. The molecule has 0 spiro atoms. The second kappa shape index (κ2) is 8.49. The molecule has 1 aromatic heterocycles. The molecule has 2 atom stereocenters. The first-order valence-corrected chi connectivity index (χ1v) is 9.88. The second-order valence-corrected chi connectivity index (χ2v) is 7.29. The van der Waals surface area contributed by atoms with Crippen LogP contribution in [0.3, 0.4) is 0 Å². The van der Waals surface area contributed by atoms with Gasteiger partial charge in [-0.3, -0.25) is 4.79 Å². The number of carbonyl (C=O) groups excluding carboxylic acids is 1. The minimum absolute atomic E-state index is 0.0320. The highest BCUT2D eigenvalue weighted by molar-refractivity contribution is 6.05. The van der Waals surface area contributed by atoms with Gasteiger partial charge >= 0.3 is 0 Å². The zero-order valence-corrected chi connectivity index (χ0v) is 17.3. The zero-order valence-electron chi connectivity index (χ0n) is 17.3. The van der Waals surface area contributed by atoms with Crippen molar-refractivity contribution >= 4 is 17.4 Å². The molecule has 2 aromatic carbocycles. The number of methoxy groups -OCH3 is 1. The van der Waals surface area contributed by atoms with Crippen molar-refractivity contribution in [3.05, 3.63) is 66.0 Å². The van der Waals surface area contributed by atoms with E-state index >= 15 is 0 Å². The Balaban J connectivity index is 1.60. The molecular weight excluding hydrogens is 380 g/mol. The van der Waals surface area contributed by atoms with Crippen molar-refractivity contribution in [2.45, 2.75) is 26.3 Å². The lowest BCUT2D eigenvalue weighted by molar-refractivity contribution is -0.119. The molecule has 1 aliphatic heterocycles. The van der Waals surface area contributed by atoms with Gasteiger partial charge in [-0.1, -0.05) is 36.4 Å². The Kier molecular flexibility index (Phi) is 5.61. The number of rotatable bonds is 7. The van der Waals surface area contributed by atoms with Gasteiger partial charge in [0.05, 0.1) is 25.7 Å². The minimum Gasteiger partial charge on any atom is -0.493 e. The number of fused-ring (bicyclic) bond motifs is 1. The highest BCUT2D eigenvalue weighted by Gasteiger charge is 2.37. The van der Waals surface area contributed by atoms with Gasteiger partial charge < -0.3 is 9.47 Å². The topological polar surface area (TPSA) is 78.6 Å². The van der Waals surface area contributed by atoms with Crippen LogP contribution < -0.4 is 9.47 Å². The lowest BCUT2D eigenvalue weighted by atomic mass is 9.85. The van der Waals surface area contributed by atoms with E-state index in [1.807, 2.05) is 43.3 Å².